The second kappa shape index (κ2) is 9.92. The third-order valence-electron chi connectivity index (χ3n) is 6.43. The predicted octanol–water partition coefficient (Wildman–Crippen LogP) is 3.05. The molecule has 0 unspecified atom stereocenters. The van der Waals surface area contributed by atoms with Gasteiger partial charge in [-0.15, -0.1) is 10.2 Å². The molecule has 1 fully saturated rings. The first-order valence-corrected chi connectivity index (χ1v) is 13.8. The number of nitrogens with two attached hydrogens (primary N) is 1. The van der Waals surface area contributed by atoms with E-state index in [2.05, 4.69) is 10.2 Å². The summed E-state index contributed by atoms with van der Waals surface area (Å²) < 4.78 is 74.2. The predicted molar refractivity (Wildman–Crippen MR) is 132 cm³/mol. The summed E-state index contributed by atoms with van der Waals surface area (Å²) >= 11 is 5.94. The average molecular weight is 584 g/mol. The Kier molecular flexibility index (Phi) is 6.89. The number of rotatable bonds is 4. The molecule has 1 saturated heterocycles. The zero-order chi connectivity index (χ0) is 28.1. The number of carbonyl (C=O) groups is 2. The first-order chi connectivity index (χ1) is 18.3. The van der Waals surface area contributed by atoms with Crippen LogP contribution in [-0.4, -0.2) is 66.1 Å². The molecule has 3 heterocycles. The minimum Gasteiger partial charge on any atom is -0.412 e. The monoisotopic (exact) mass is 583 g/mol. The van der Waals surface area contributed by atoms with Crippen LogP contribution in [0.25, 0.3) is 11.5 Å². The third-order valence-corrected chi connectivity index (χ3v) is 8.48. The highest BCUT2D eigenvalue weighted by Crippen LogP contribution is 2.37. The van der Waals surface area contributed by atoms with Crippen molar-refractivity contribution < 1.29 is 35.6 Å². The first-order valence-electron chi connectivity index (χ1n) is 11.7. The van der Waals surface area contributed by atoms with Crippen molar-refractivity contribution >= 4 is 38.9 Å². The molecule has 15 heteroatoms. The summed E-state index contributed by atoms with van der Waals surface area (Å²) in [4.78, 5) is 27.4. The Morgan fingerprint density at radius 2 is 1.92 bits per heavy atom. The van der Waals surface area contributed by atoms with Crippen LogP contribution in [0.15, 0.2) is 45.7 Å². The number of anilines is 1. The number of hydrogen-bond donors (Lipinski definition) is 1. The van der Waals surface area contributed by atoms with Crippen molar-refractivity contribution in [1.29, 1.82) is 0 Å². The topological polar surface area (TPSA) is 140 Å². The Bertz CT molecular complexity index is 1560. The van der Waals surface area contributed by atoms with Crippen molar-refractivity contribution in [3.8, 4) is 11.5 Å². The standard InChI is InChI=1S/C24H21ClF3N5O5S/c25-14-4-2-13(3-5-14)10-33-18-8-15(16(26)9-19(18)39(36,37)11-17(29)22(33)34)20-30-31-21(38-20)23(35)32-7-1-6-24(27,28)12-32/h2-5,8-9,17H,1,6-7,10-12,29H2/t17-/m0/s1. The van der Waals surface area contributed by atoms with Crippen LogP contribution < -0.4 is 10.6 Å². The Morgan fingerprint density at radius 3 is 2.62 bits per heavy atom. The summed E-state index contributed by atoms with van der Waals surface area (Å²) in [6, 6.07) is 6.78. The molecular formula is C24H21ClF3N5O5S. The molecule has 1 atom stereocenters. The van der Waals surface area contributed by atoms with Gasteiger partial charge in [0.2, 0.25) is 5.91 Å². The number of aromatic nitrogens is 2. The van der Waals surface area contributed by atoms with Crippen molar-refractivity contribution in [1.82, 2.24) is 15.1 Å². The number of sulfone groups is 1. The quantitative estimate of drug-likeness (QED) is 0.494. The minimum absolute atomic E-state index is 0.0548. The van der Waals surface area contributed by atoms with Crippen molar-refractivity contribution in [3.63, 3.8) is 0 Å². The lowest BCUT2D eigenvalue weighted by Crippen LogP contribution is -2.45. The van der Waals surface area contributed by atoms with E-state index in [1.54, 1.807) is 24.3 Å². The van der Waals surface area contributed by atoms with Crippen LogP contribution in [0, 0.1) is 5.82 Å². The molecule has 2 aliphatic rings. The van der Waals surface area contributed by atoms with Crippen LogP contribution in [0.5, 0.6) is 0 Å². The fourth-order valence-corrected chi connectivity index (χ4v) is 6.20. The second-order valence-electron chi connectivity index (χ2n) is 9.34. The van der Waals surface area contributed by atoms with Gasteiger partial charge in [-0.05, 0) is 36.2 Å². The molecule has 0 spiro atoms. The molecule has 0 radical (unpaired) electrons. The molecule has 3 aromatic rings. The van der Waals surface area contributed by atoms with E-state index in [1.165, 1.54) is 0 Å². The van der Waals surface area contributed by atoms with E-state index >= 15 is 4.39 Å². The van der Waals surface area contributed by atoms with Crippen LogP contribution in [-0.2, 0) is 21.2 Å². The molecule has 1 aromatic heterocycles. The highest BCUT2D eigenvalue weighted by atomic mass is 35.5. The highest BCUT2D eigenvalue weighted by molar-refractivity contribution is 7.91. The SMILES string of the molecule is N[C@H]1CS(=O)(=O)c2cc(F)c(-c3nnc(C(=O)N4CCCC(F)(F)C4)o3)cc2N(Cc2ccc(Cl)cc2)C1=O. The van der Waals surface area contributed by atoms with Gasteiger partial charge in [0.05, 0.1) is 41.0 Å². The summed E-state index contributed by atoms with van der Waals surface area (Å²) in [5.74, 6) is -7.71. The van der Waals surface area contributed by atoms with Gasteiger partial charge in [-0.25, -0.2) is 21.6 Å². The minimum atomic E-state index is -4.19. The number of hydrogen-bond acceptors (Lipinski definition) is 8. The van der Waals surface area contributed by atoms with Gasteiger partial charge in [0.25, 0.3) is 11.8 Å². The molecule has 206 valence electrons. The molecule has 2 aliphatic heterocycles. The van der Waals surface area contributed by atoms with Crippen molar-refractivity contribution in [3.05, 3.63) is 58.7 Å². The normalized spacial score (nSPS) is 20.4. The van der Waals surface area contributed by atoms with Crippen LogP contribution in [0.4, 0.5) is 18.9 Å². The first kappa shape index (κ1) is 27.1. The highest BCUT2D eigenvalue weighted by Gasteiger charge is 2.40. The van der Waals surface area contributed by atoms with Gasteiger partial charge in [0.15, 0.2) is 9.84 Å². The zero-order valence-corrected chi connectivity index (χ0v) is 21.7. The third kappa shape index (κ3) is 5.36. The number of nitrogens with zero attached hydrogens (tertiary/aromatic N) is 4. The van der Waals surface area contributed by atoms with E-state index < -0.39 is 74.0 Å². The van der Waals surface area contributed by atoms with Crippen LogP contribution in [0.1, 0.15) is 29.1 Å². The van der Waals surface area contributed by atoms with Crippen LogP contribution in [0.3, 0.4) is 0 Å². The number of likely N-dealkylation sites (tertiary alicyclic amines) is 1. The number of carbonyl (C=O) groups excluding carboxylic acids is 2. The molecule has 2 amide bonds. The van der Waals surface area contributed by atoms with E-state index in [1.807, 2.05) is 0 Å². The van der Waals surface area contributed by atoms with Gasteiger partial charge >= 0.3 is 11.8 Å². The summed E-state index contributed by atoms with van der Waals surface area (Å²) in [6.07, 6.45) is -0.280. The van der Waals surface area contributed by atoms with E-state index in [4.69, 9.17) is 21.8 Å². The molecule has 2 N–H and O–H groups in total. The molecule has 0 saturated carbocycles. The van der Waals surface area contributed by atoms with Crippen molar-refractivity contribution in [2.24, 2.45) is 5.73 Å². The number of alkyl halides is 2. The van der Waals surface area contributed by atoms with Crippen molar-refractivity contribution in [2.75, 3.05) is 23.7 Å². The van der Waals surface area contributed by atoms with E-state index in [-0.39, 0.29) is 31.6 Å². The summed E-state index contributed by atoms with van der Waals surface area (Å²) in [7, 11) is -4.19. The number of piperidine rings is 1. The Hall–Kier alpha value is -3.49. The van der Waals surface area contributed by atoms with Gasteiger partial charge in [0, 0.05) is 18.0 Å². The lowest BCUT2D eigenvalue weighted by molar-refractivity contribution is -0.119. The Balaban J connectivity index is 1.55. The lowest BCUT2D eigenvalue weighted by atomic mass is 10.1. The zero-order valence-electron chi connectivity index (χ0n) is 20.1. The maximum atomic E-state index is 15.3. The van der Waals surface area contributed by atoms with Crippen LogP contribution >= 0.6 is 11.6 Å². The number of amides is 2. The summed E-state index contributed by atoms with van der Waals surface area (Å²) in [6.45, 7) is -0.885. The van der Waals surface area contributed by atoms with Gasteiger partial charge in [-0.1, -0.05) is 23.7 Å². The Morgan fingerprint density at radius 1 is 1.21 bits per heavy atom. The van der Waals surface area contributed by atoms with E-state index in [0.29, 0.717) is 10.6 Å². The van der Waals surface area contributed by atoms with Crippen LogP contribution in [0.2, 0.25) is 5.02 Å². The molecule has 2 aromatic carbocycles. The smallest absolute Gasteiger partial charge is 0.311 e. The fraction of sp³-hybridized carbons (Fsp3) is 0.333. The largest absolute Gasteiger partial charge is 0.412 e. The number of halogens is 4. The molecule has 39 heavy (non-hydrogen) atoms. The number of benzene rings is 2. The fourth-order valence-electron chi connectivity index (χ4n) is 4.51. The molecule has 0 aliphatic carbocycles. The van der Waals surface area contributed by atoms with Gasteiger partial charge in [0.1, 0.15) is 5.82 Å². The molecule has 10 nitrogen and oxygen atoms in total. The molecule has 5 rings (SSSR count). The number of fused-ring (bicyclic) bond motifs is 1. The molecular weight excluding hydrogens is 563 g/mol. The summed E-state index contributed by atoms with van der Waals surface area (Å²) in [5.41, 5.74) is 5.90. The summed E-state index contributed by atoms with van der Waals surface area (Å²) in [5, 5.41) is 7.71. The van der Waals surface area contributed by atoms with Crippen molar-refractivity contribution in [2.45, 2.75) is 36.2 Å². The van der Waals surface area contributed by atoms with E-state index in [0.717, 1.165) is 21.9 Å². The second-order valence-corrected chi connectivity index (χ2v) is 11.8. The van der Waals surface area contributed by atoms with Gasteiger partial charge < -0.3 is 20.0 Å². The van der Waals surface area contributed by atoms with Gasteiger partial charge in [-0.3, -0.25) is 9.59 Å². The average Bonchev–Trinajstić information content (AvgIpc) is 3.34. The van der Waals surface area contributed by atoms with E-state index in [9.17, 15) is 26.8 Å². The maximum absolute atomic E-state index is 15.3. The Labute approximate surface area is 225 Å². The molecule has 0 bridgehead atoms. The lowest BCUT2D eigenvalue weighted by Gasteiger charge is -2.31. The van der Waals surface area contributed by atoms with Gasteiger partial charge in [-0.2, -0.15) is 0 Å². The maximum Gasteiger partial charge on any atom is 0.311 e.